The summed E-state index contributed by atoms with van der Waals surface area (Å²) in [6, 6.07) is 3.63. The van der Waals surface area contributed by atoms with Gasteiger partial charge in [-0.2, -0.15) is 13.2 Å². The molecule has 0 saturated heterocycles. The number of hydrogen-bond donors (Lipinski definition) is 0. The molecule has 19 heavy (non-hydrogen) atoms. The van der Waals surface area contributed by atoms with E-state index in [0.29, 0.717) is 0 Å². The van der Waals surface area contributed by atoms with Crippen LogP contribution in [-0.2, 0) is 6.18 Å². The minimum absolute atomic E-state index is 0.0331. The zero-order valence-corrected chi connectivity index (χ0v) is 11.2. The second-order valence-corrected chi connectivity index (χ2v) is 4.73. The summed E-state index contributed by atoms with van der Waals surface area (Å²) in [5, 5.41) is 10.5. The van der Waals surface area contributed by atoms with E-state index < -0.39 is 32.3 Å². The molecular formula is C10H3BrClF3N2O2. The van der Waals surface area contributed by atoms with Crippen molar-refractivity contribution in [2.45, 2.75) is 6.18 Å². The number of aromatic nitrogens is 1. The first-order valence-corrected chi connectivity index (χ1v) is 5.89. The molecule has 0 N–H and O–H groups in total. The molecule has 1 aromatic carbocycles. The van der Waals surface area contributed by atoms with E-state index in [4.69, 9.17) is 11.6 Å². The van der Waals surface area contributed by atoms with E-state index in [2.05, 4.69) is 20.9 Å². The lowest BCUT2D eigenvalue weighted by Crippen LogP contribution is -2.11. The summed E-state index contributed by atoms with van der Waals surface area (Å²) in [5.74, 6) is 0. The van der Waals surface area contributed by atoms with Crippen LogP contribution in [0.3, 0.4) is 0 Å². The summed E-state index contributed by atoms with van der Waals surface area (Å²) >= 11 is 8.33. The van der Waals surface area contributed by atoms with Gasteiger partial charge < -0.3 is 0 Å². The minimum Gasteiger partial charge on any atom is -0.258 e. The molecule has 1 heterocycles. The van der Waals surface area contributed by atoms with Crippen LogP contribution in [-0.4, -0.2) is 9.91 Å². The van der Waals surface area contributed by atoms with E-state index in [1.54, 1.807) is 0 Å². The average Bonchev–Trinajstić information content (AvgIpc) is 2.26. The minimum atomic E-state index is -4.89. The summed E-state index contributed by atoms with van der Waals surface area (Å²) < 4.78 is 38.7. The number of nitro groups is 1. The van der Waals surface area contributed by atoms with Gasteiger partial charge in [-0.05, 0) is 34.1 Å². The molecular weight excluding hydrogens is 352 g/mol. The topological polar surface area (TPSA) is 56.0 Å². The lowest BCUT2D eigenvalue weighted by molar-refractivity contribution is -0.389. The monoisotopic (exact) mass is 354 g/mol. The number of pyridine rings is 1. The molecule has 0 unspecified atom stereocenters. The zero-order chi connectivity index (χ0) is 14.4. The number of rotatable bonds is 1. The second-order valence-electron chi connectivity index (χ2n) is 3.54. The normalized spacial score (nSPS) is 11.8. The first-order valence-electron chi connectivity index (χ1n) is 4.72. The average molecular weight is 355 g/mol. The van der Waals surface area contributed by atoms with Gasteiger partial charge in [0.15, 0.2) is 4.60 Å². The molecule has 0 bridgehead atoms. The van der Waals surface area contributed by atoms with E-state index in [1.807, 2.05) is 0 Å². The summed E-state index contributed by atoms with van der Waals surface area (Å²) in [6.07, 6.45) is -4.89. The molecule has 0 fully saturated rings. The lowest BCUT2D eigenvalue weighted by Gasteiger charge is -2.11. The predicted molar refractivity (Wildman–Crippen MR) is 66.1 cm³/mol. The van der Waals surface area contributed by atoms with E-state index >= 15 is 0 Å². The largest absolute Gasteiger partial charge is 0.423 e. The van der Waals surface area contributed by atoms with E-state index in [9.17, 15) is 23.3 Å². The molecule has 1 aromatic heterocycles. The highest BCUT2D eigenvalue weighted by atomic mass is 79.9. The van der Waals surface area contributed by atoms with E-state index in [0.717, 1.165) is 6.07 Å². The molecule has 100 valence electrons. The Morgan fingerprint density at radius 1 is 1.37 bits per heavy atom. The summed E-state index contributed by atoms with van der Waals surface area (Å²) in [7, 11) is 0. The molecule has 0 aliphatic carbocycles. The number of alkyl halides is 3. The van der Waals surface area contributed by atoms with Crippen molar-refractivity contribution in [3.63, 3.8) is 0 Å². The molecule has 2 aromatic rings. The van der Waals surface area contributed by atoms with Crippen LogP contribution in [0, 0.1) is 10.1 Å². The number of nitrogens with zero attached hydrogens (tertiary/aromatic N) is 2. The Hall–Kier alpha value is -1.41. The van der Waals surface area contributed by atoms with Gasteiger partial charge in [-0.25, -0.2) is 4.98 Å². The molecule has 0 aliphatic rings. The Kier molecular flexibility index (Phi) is 3.40. The second kappa shape index (κ2) is 4.61. The highest BCUT2D eigenvalue weighted by Gasteiger charge is 2.42. The van der Waals surface area contributed by atoms with Crippen molar-refractivity contribution in [3.8, 4) is 0 Å². The molecule has 0 atom stereocenters. The Labute approximate surface area is 117 Å². The van der Waals surface area contributed by atoms with Crippen LogP contribution in [0.1, 0.15) is 5.56 Å². The SMILES string of the molecule is O=[N+]([O-])c1c(Br)nc2ccc(Cl)cc2c1C(F)(F)F. The van der Waals surface area contributed by atoms with Crippen molar-refractivity contribution in [2.75, 3.05) is 0 Å². The highest BCUT2D eigenvalue weighted by molar-refractivity contribution is 9.10. The van der Waals surface area contributed by atoms with Gasteiger partial charge >= 0.3 is 11.9 Å². The molecule has 2 rings (SSSR count). The quantitative estimate of drug-likeness (QED) is 0.427. The van der Waals surface area contributed by atoms with Crippen LogP contribution in [0.15, 0.2) is 22.8 Å². The first-order chi connectivity index (χ1) is 8.71. The molecule has 0 amide bonds. The Morgan fingerprint density at radius 3 is 2.53 bits per heavy atom. The molecule has 0 saturated carbocycles. The van der Waals surface area contributed by atoms with Crippen LogP contribution in [0.25, 0.3) is 10.9 Å². The van der Waals surface area contributed by atoms with Crippen LogP contribution in [0.2, 0.25) is 5.02 Å². The van der Waals surface area contributed by atoms with Gasteiger partial charge in [0, 0.05) is 10.4 Å². The highest BCUT2D eigenvalue weighted by Crippen LogP contribution is 2.43. The molecule has 0 radical (unpaired) electrons. The molecule has 0 aliphatic heterocycles. The zero-order valence-electron chi connectivity index (χ0n) is 8.83. The standard InChI is InChI=1S/C10H3BrClF3N2O2/c11-9-8(17(18)19)7(10(13,14)15)5-3-4(12)1-2-6(5)16-9/h1-3H. The number of benzene rings is 1. The van der Waals surface area contributed by atoms with Gasteiger partial charge in [0.05, 0.1) is 10.4 Å². The van der Waals surface area contributed by atoms with E-state index in [-0.39, 0.29) is 10.5 Å². The van der Waals surface area contributed by atoms with Crippen molar-refractivity contribution in [3.05, 3.63) is 43.5 Å². The van der Waals surface area contributed by atoms with Crippen LogP contribution in [0.5, 0.6) is 0 Å². The maximum Gasteiger partial charge on any atom is 0.423 e. The van der Waals surface area contributed by atoms with Gasteiger partial charge in [-0.1, -0.05) is 11.6 Å². The number of halogens is 5. The van der Waals surface area contributed by atoms with Gasteiger partial charge in [-0.3, -0.25) is 10.1 Å². The molecule has 0 spiro atoms. The van der Waals surface area contributed by atoms with Crippen molar-refractivity contribution in [1.82, 2.24) is 4.98 Å². The van der Waals surface area contributed by atoms with Gasteiger partial charge in [0.2, 0.25) is 0 Å². The van der Waals surface area contributed by atoms with Crippen molar-refractivity contribution >= 4 is 44.1 Å². The molecule has 9 heteroatoms. The summed E-state index contributed by atoms with van der Waals surface area (Å²) in [5.41, 5.74) is -2.52. The smallest absolute Gasteiger partial charge is 0.258 e. The number of hydrogen-bond acceptors (Lipinski definition) is 3. The Bertz CT molecular complexity index is 691. The third-order valence-corrected chi connectivity index (χ3v) is 3.13. The predicted octanol–water partition coefficient (Wildman–Crippen LogP) is 4.58. The van der Waals surface area contributed by atoms with E-state index in [1.165, 1.54) is 12.1 Å². The van der Waals surface area contributed by atoms with Gasteiger partial charge in [-0.15, -0.1) is 0 Å². The Morgan fingerprint density at radius 2 is 2.00 bits per heavy atom. The molecule has 4 nitrogen and oxygen atoms in total. The van der Waals surface area contributed by atoms with Gasteiger partial charge in [0.25, 0.3) is 0 Å². The fourth-order valence-corrected chi connectivity index (χ4v) is 2.36. The van der Waals surface area contributed by atoms with Crippen molar-refractivity contribution in [2.24, 2.45) is 0 Å². The van der Waals surface area contributed by atoms with Crippen LogP contribution in [0.4, 0.5) is 18.9 Å². The third kappa shape index (κ3) is 2.50. The van der Waals surface area contributed by atoms with Gasteiger partial charge in [0.1, 0.15) is 5.56 Å². The van der Waals surface area contributed by atoms with Crippen LogP contribution >= 0.6 is 27.5 Å². The van der Waals surface area contributed by atoms with Crippen molar-refractivity contribution < 1.29 is 18.1 Å². The summed E-state index contributed by atoms with van der Waals surface area (Å²) in [6.45, 7) is 0. The maximum absolute atomic E-state index is 13.1. The number of fused-ring (bicyclic) bond motifs is 1. The fraction of sp³-hybridized carbons (Fsp3) is 0.100. The summed E-state index contributed by atoms with van der Waals surface area (Å²) in [4.78, 5) is 13.4. The Balaban J connectivity index is 3.02. The third-order valence-electron chi connectivity index (χ3n) is 2.34. The maximum atomic E-state index is 13.1. The first kappa shape index (κ1) is 14.0. The van der Waals surface area contributed by atoms with Crippen LogP contribution < -0.4 is 0 Å². The fourth-order valence-electron chi connectivity index (χ4n) is 1.65. The lowest BCUT2D eigenvalue weighted by atomic mass is 10.1. The van der Waals surface area contributed by atoms with Crippen molar-refractivity contribution in [1.29, 1.82) is 0 Å².